The molecule has 1 saturated heterocycles. The molecule has 0 saturated carbocycles. The van der Waals surface area contributed by atoms with E-state index in [1.807, 2.05) is 55.6 Å². The van der Waals surface area contributed by atoms with E-state index in [2.05, 4.69) is 21.5 Å². The first-order valence-electron chi connectivity index (χ1n) is 11.5. The molecule has 0 amide bonds. The molecule has 9 heteroatoms. The van der Waals surface area contributed by atoms with Gasteiger partial charge in [-0.1, -0.05) is 24.3 Å². The Balaban J connectivity index is 1.29. The molecule has 0 unspecified atom stereocenters. The summed E-state index contributed by atoms with van der Waals surface area (Å²) in [7, 11) is -1.77. The van der Waals surface area contributed by atoms with Gasteiger partial charge in [-0.25, -0.2) is 13.4 Å². The predicted molar refractivity (Wildman–Crippen MR) is 135 cm³/mol. The second-order valence-corrected chi connectivity index (χ2v) is 10.8. The molecule has 1 aliphatic heterocycles. The third-order valence-electron chi connectivity index (χ3n) is 6.50. The average molecular weight is 487 g/mol. The number of nitrogens with zero attached hydrogens (tertiary/aromatic N) is 5. The van der Waals surface area contributed by atoms with Gasteiger partial charge >= 0.3 is 0 Å². The molecular weight excluding hydrogens is 460 g/mol. The molecule has 1 N–H and O–H groups in total. The summed E-state index contributed by atoms with van der Waals surface area (Å²) in [5, 5.41) is 17.8. The lowest BCUT2D eigenvalue weighted by Gasteiger charge is -2.32. The maximum atomic E-state index is 13.2. The number of nitrogens with one attached hydrogen (secondary N) is 1. The highest BCUT2D eigenvalue weighted by molar-refractivity contribution is 7.89. The monoisotopic (exact) mass is 486 g/mol. The standard InChI is InChI=1S/C26H26N6O2S/c1-18-3-10-26(28-17-18)29-21-11-13-32(14-12-21)35(33,34)22-7-4-19(5-8-22)20-6-9-25-23(15-20)24(16-27)30-31(25)2/h3-10,15,17,21H,11-14H2,1-2H3,(H,28,29). The Morgan fingerprint density at radius 3 is 2.40 bits per heavy atom. The van der Waals surface area contributed by atoms with E-state index in [9.17, 15) is 13.7 Å². The second kappa shape index (κ2) is 9.13. The molecule has 178 valence electrons. The van der Waals surface area contributed by atoms with Gasteiger partial charge in [0.2, 0.25) is 10.0 Å². The van der Waals surface area contributed by atoms with Gasteiger partial charge in [-0.2, -0.15) is 14.7 Å². The fourth-order valence-electron chi connectivity index (χ4n) is 4.50. The zero-order valence-corrected chi connectivity index (χ0v) is 20.5. The highest BCUT2D eigenvalue weighted by Crippen LogP contribution is 2.28. The Morgan fingerprint density at radius 2 is 1.74 bits per heavy atom. The van der Waals surface area contributed by atoms with Crippen LogP contribution >= 0.6 is 0 Å². The molecule has 2 aromatic carbocycles. The van der Waals surface area contributed by atoms with Crippen LogP contribution in [0.1, 0.15) is 24.1 Å². The van der Waals surface area contributed by atoms with Crippen molar-refractivity contribution < 1.29 is 8.42 Å². The molecule has 0 aliphatic carbocycles. The van der Waals surface area contributed by atoms with Crippen LogP contribution in [0.5, 0.6) is 0 Å². The second-order valence-electron chi connectivity index (χ2n) is 8.88. The summed E-state index contributed by atoms with van der Waals surface area (Å²) in [5.74, 6) is 0.818. The third kappa shape index (κ3) is 4.50. The van der Waals surface area contributed by atoms with E-state index >= 15 is 0 Å². The number of aromatic nitrogens is 3. The molecule has 2 aromatic heterocycles. The van der Waals surface area contributed by atoms with Gasteiger partial charge in [0.05, 0.1) is 10.4 Å². The zero-order chi connectivity index (χ0) is 24.6. The van der Waals surface area contributed by atoms with Crippen LogP contribution < -0.4 is 5.32 Å². The lowest BCUT2D eigenvalue weighted by atomic mass is 10.0. The van der Waals surface area contributed by atoms with Crippen LogP contribution in [0.25, 0.3) is 22.0 Å². The van der Waals surface area contributed by atoms with Crippen LogP contribution in [0.15, 0.2) is 65.7 Å². The molecule has 1 fully saturated rings. The van der Waals surface area contributed by atoms with Crippen LogP contribution in [0.4, 0.5) is 5.82 Å². The number of sulfonamides is 1. The van der Waals surface area contributed by atoms with Gasteiger partial charge in [-0.3, -0.25) is 4.68 Å². The molecule has 3 heterocycles. The van der Waals surface area contributed by atoms with E-state index in [0.29, 0.717) is 18.8 Å². The number of fused-ring (bicyclic) bond motifs is 1. The summed E-state index contributed by atoms with van der Waals surface area (Å²) in [4.78, 5) is 4.67. The normalized spacial score (nSPS) is 15.2. The van der Waals surface area contributed by atoms with Crippen LogP contribution in [-0.4, -0.2) is 46.6 Å². The van der Waals surface area contributed by atoms with Crippen molar-refractivity contribution in [3.8, 4) is 17.2 Å². The molecule has 0 radical (unpaired) electrons. The maximum absolute atomic E-state index is 13.2. The minimum absolute atomic E-state index is 0.194. The lowest BCUT2D eigenvalue weighted by Crippen LogP contribution is -2.42. The summed E-state index contributed by atoms with van der Waals surface area (Å²) in [6, 6.07) is 19.0. The Kier molecular flexibility index (Phi) is 6.01. The molecular formula is C26H26N6O2S. The van der Waals surface area contributed by atoms with Crippen molar-refractivity contribution in [1.29, 1.82) is 5.26 Å². The first-order chi connectivity index (χ1) is 16.8. The van der Waals surface area contributed by atoms with Gasteiger partial charge in [0.25, 0.3) is 0 Å². The van der Waals surface area contributed by atoms with Crippen molar-refractivity contribution in [2.24, 2.45) is 7.05 Å². The number of nitriles is 1. The molecule has 0 spiro atoms. The minimum atomic E-state index is -3.57. The van der Waals surface area contributed by atoms with Crippen molar-refractivity contribution in [3.05, 3.63) is 72.1 Å². The Hall–Kier alpha value is -3.74. The van der Waals surface area contributed by atoms with Crippen molar-refractivity contribution in [1.82, 2.24) is 19.1 Å². The molecule has 8 nitrogen and oxygen atoms in total. The van der Waals surface area contributed by atoms with Crippen molar-refractivity contribution in [3.63, 3.8) is 0 Å². The molecule has 0 bridgehead atoms. The summed E-state index contributed by atoms with van der Waals surface area (Å²) < 4.78 is 29.7. The number of pyridine rings is 1. The number of hydrogen-bond acceptors (Lipinski definition) is 6. The van der Waals surface area contributed by atoms with Crippen LogP contribution in [0.3, 0.4) is 0 Å². The van der Waals surface area contributed by atoms with Crippen molar-refractivity contribution in [2.45, 2.75) is 30.7 Å². The van der Waals surface area contributed by atoms with Crippen LogP contribution in [0, 0.1) is 18.3 Å². The molecule has 4 aromatic rings. The number of rotatable bonds is 5. The van der Waals surface area contributed by atoms with Crippen LogP contribution in [-0.2, 0) is 17.1 Å². The fourth-order valence-corrected chi connectivity index (χ4v) is 5.97. The number of hydrogen-bond donors (Lipinski definition) is 1. The topological polar surface area (TPSA) is 104 Å². The summed E-state index contributed by atoms with van der Waals surface area (Å²) in [5.41, 5.74) is 4.14. The average Bonchev–Trinajstić information content (AvgIpc) is 3.21. The largest absolute Gasteiger partial charge is 0.367 e. The highest BCUT2D eigenvalue weighted by atomic mass is 32.2. The molecule has 0 atom stereocenters. The Bertz CT molecular complexity index is 1510. The van der Waals surface area contributed by atoms with Gasteiger partial charge in [0, 0.05) is 37.8 Å². The van der Waals surface area contributed by atoms with Crippen LogP contribution in [0.2, 0.25) is 0 Å². The smallest absolute Gasteiger partial charge is 0.243 e. The first-order valence-corrected chi connectivity index (χ1v) is 13.0. The van der Waals surface area contributed by atoms with Gasteiger partial charge < -0.3 is 5.32 Å². The van der Waals surface area contributed by atoms with Gasteiger partial charge in [0.15, 0.2) is 5.69 Å². The lowest BCUT2D eigenvalue weighted by molar-refractivity contribution is 0.329. The van der Waals surface area contributed by atoms with E-state index in [4.69, 9.17) is 0 Å². The van der Waals surface area contributed by atoms with Crippen molar-refractivity contribution in [2.75, 3.05) is 18.4 Å². The van der Waals surface area contributed by atoms with E-state index in [-0.39, 0.29) is 10.9 Å². The zero-order valence-electron chi connectivity index (χ0n) is 19.6. The van der Waals surface area contributed by atoms with E-state index in [0.717, 1.165) is 46.3 Å². The van der Waals surface area contributed by atoms with Crippen molar-refractivity contribution >= 4 is 26.7 Å². The molecule has 35 heavy (non-hydrogen) atoms. The molecule has 1 aliphatic rings. The van der Waals surface area contributed by atoms with Gasteiger partial charge in [-0.15, -0.1) is 0 Å². The Morgan fingerprint density at radius 1 is 1.03 bits per heavy atom. The molecule has 5 rings (SSSR count). The maximum Gasteiger partial charge on any atom is 0.243 e. The Labute approximate surface area is 204 Å². The first kappa shape index (κ1) is 23.0. The summed E-state index contributed by atoms with van der Waals surface area (Å²) in [6.07, 6.45) is 3.27. The van der Waals surface area contributed by atoms with E-state index in [1.54, 1.807) is 28.2 Å². The number of anilines is 1. The van der Waals surface area contributed by atoms with E-state index in [1.165, 1.54) is 0 Å². The quantitative estimate of drug-likeness (QED) is 0.456. The number of piperidine rings is 1. The summed E-state index contributed by atoms with van der Waals surface area (Å²) >= 11 is 0. The van der Waals surface area contributed by atoms with E-state index < -0.39 is 10.0 Å². The van der Waals surface area contributed by atoms with Gasteiger partial charge in [-0.05, 0) is 66.8 Å². The minimum Gasteiger partial charge on any atom is -0.367 e. The number of aryl methyl sites for hydroxylation is 2. The number of benzene rings is 2. The third-order valence-corrected chi connectivity index (χ3v) is 8.41. The highest BCUT2D eigenvalue weighted by Gasteiger charge is 2.29. The SMILES string of the molecule is Cc1ccc(NC2CCN(S(=O)(=O)c3ccc(-c4ccc5c(c4)c(C#N)nn5C)cc3)CC2)nc1. The predicted octanol–water partition coefficient (Wildman–Crippen LogP) is 4.08. The van der Waals surface area contributed by atoms with Gasteiger partial charge in [0.1, 0.15) is 11.9 Å². The summed E-state index contributed by atoms with van der Waals surface area (Å²) in [6.45, 7) is 2.92. The fraction of sp³-hybridized carbons (Fsp3) is 0.269.